The van der Waals surface area contributed by atoms with Crippen LogP contribution in [0.5, 0.6) is 5.75 Å². The minimum Gasteiger partial charge on any atom is -0.493 e. The highest BCUT2D eigenvalue weighted by Gasteiger charge is 2.46. The zero-order valence-electron chi connectivity index (χ0n) is 12.2. The summed E-state index contributed by atoms with van der Waals surface area (Å²) in [6, 6.07) is 4.44. The Hall–Kier alpha value is -1.86. The molecule has 2 aromatic rings. The highest BCUT2D eigenvalue weighted by Crippen LogP contribution is 2.39. The summed E-state index contributed by atoms with van der Waals surface area (Å²) in [7, 11) is 2.09. The van der Waals surface area contributed by atoms with Gasteiger partial charge in [0.15, 0.2) is 5.13 Å². The minimum absolute atomic E-state index is 0.0185. The fourth-order valence-electron chi connectivity index (χ4n) is 3.75. The average Bonchev–Trinajstić information content (AvgIpc) is 3.18. The highest BCUT2D eigenvalue weighted by molar-refractivity contribution is 7.22. The van der Waals surface area contributed by atoms with Crippen LogP contribution in [0.4, 0.5) is 9.93 Å². The fraction of sp³-hybridized carbons (Fsp3) is 0.467. The van der Waals surface area contributed by atoms with Crippen molar-refractivity contribution in [3.8, 4) is 5.75 Å². The molecule has 114 valence electrons. The first-order chi connectivity index (χ1) is 10.7. The molecular weight excluding hydrogens is 300 g/mol. The molecule has 1 aromatic carbocycles. The molecule has 2 atom stereocenters. The minimum atomic E-state index is -0.0185. The zero-order valence-corrected chi connectivity index (χ0v) is 13.0. The van der Waals surface area contributed by atoms with Crippen molar-refractivity contribution in [1.82, 2.24) is 15.2 Å². The molecule has 0 spiro atoms. The Kier molecular flexibility index (Phi) is 2.49. The monoisotopic (exact) mass is 316 g/mol. The second-order valence-electron chi connectivity index (χ2n) is 6.20. The SMILES string of the molecule is CN1CC2NC(=O)N(c3nc4c5c(ccc4s3)OCC5)[C@@H]2C1. The smallest absolute Gasteiger partial charge is 0.324 e. The van der Waals surface area contributed by atoms with Crippen LogP contribution in [0.15, 0.2) is 12.1 Å². The number of nitrogens with one attached hydrogen (secondary N) is 1. The molecule has 0 radical (unpaired) electrons. The summed E-state index contributed by atoms with van der Waals surface area (Å²) < 4.78 is 6.74. The quantitative estimate of drug-likeness (QED) is 0.865. The van der Waals surface area contributed by atoms with Gasteiger partial charge in [0.05, 0.1) is 28.9 Å². The number of carbonyl (C=O) groups is 1. The lowest BCUT2D eigenvalue weighted by molar-refractivity contribution is 0.248. The maximum atomic E-state index is 12.3. The number of amides is 2. The molecule has 0 bridgehead atoms. The van der Waals surface area contributed by atoms with E-state index in [0.717, 1.165) is 47.2 Å². The Bertz CT molecular complexity index is 789. The molecule has 7 heteroatoms. The van der Waals surface area contributed by atoms with E-state index < -0.39 is 0 Å². The van der Waals surface area contributed by atoms with Gasteiger partial charge in [-0.05, 0) is 19.2 Å². The van der Waals surface area contributed by atoms with E-state index in [1.54, 1.807) is 11.3 Å². The number of benzene rings is 1. The molecule has 3 aliphatic rings. The summed E-state index contributed by atoms with van der Waals surface area (Å²) >= 11 is 1.59. The van der Waals surface area contributed by atoms with Crippen LogP contribution in [-0.2, 0) is 6.42 Å². The van der Waals surface area contributed by atoms with Gasteiger partial charge in [-0.25, -0.2) is 9.78 Å². The van der Waals surface area contributed by atoms with Crippen molar-refractivity contribution in [3.63, 3.8) is 0 Å². The Morgan fingerprint density at radius 2 is 2.32 bits per heavy atom. The van der Waals surface area contributed by atoms with Crippen molar-refractivity contribution in [3.05, 3.63) is 17.7 Å². The summed E-state index contributed by atoms with van der Waals surface area (Å²) in [5.41, 5.74) is 2.18. The van der Waals surface area contributed by atoms with Crippen molar-refractivity contribution in [2.75, 3.05) is 31.6 Å². The van der Waals surface area contributed by atoms with Crippen molar-refractivity contribution < 1.29 is 9.53 Å². The largest absolute Gasteiger partial charge is 0.493 e. The van der Waals surface area contributed by atoms with E-state index >= 15 is 0 Å². The lowest BCUT2D eigenvalue weighted by Gasteiger charge is -2.19. The number of likely N-dealkylation sites (tertiary alicyclic amines) is 1. The van der Waals surface area contributed by atoms with Crippen LogP contribution in [0.25, 0.3) is 10.2 Å². The van der Waals surface area contributed by atoms with Gasteiger partial charge in [0, 0.05) is 25.1 Å². The molecule has 0 saturated carbocycles. The van der Waals surface area contributed by atoms with Gasteiger partial charge in [0.1, 0.15) is 5.75 Å². The summed E-state index contributed by atoms with van der Waals surface area (Å²) in [5, 5.41) is 3.88. The third-order valence-electron chi connectivity index (χ3n) is 4.76. The number of anilines is 1. The number of carbonyl (C=O) groups excluding carboxylic acids is 1. The third-order valence-corrected chi connectivity index (χ3v) is 5.78. The second kappa shape index (κ2) is 4.33. The van der Waals surface area contributed by atoms with Crippen LogP contribution in [0.1, 0.15) is 5.56 Å². The number of ether oxygens (including phenoxy) is 1. The molecular formula is C15H16N4O2S. The van der Waals surface area contributed by atoms with E-state index in [1.165, 1.54) is 5.56 Å². The Balaban J connectivity index is 1.60. The molecule has 2 amide bonds. The van der Waals surface area contributed by atoms with Crippen LogP contribution >= 0.6 is 11.3 Å². The van der Waals surface area contributed by atoms with E-state index in [9.17, 15) is 4.79 Å². The van der Waals surface area contributed by atoms with Gasteiger partial charge in [-0.2, -0.15) is 0 Å². The number of thiazole rings is 1. The average molecular weight is 316 g/mol. The molecule has 1 unspecified atom stereocenters. The summed E-state index contributed by atoms with van der Waals surface area (Å²) in [5.74, 6) is 0.939. The lowest BCUT2D eigenvalue weighted by Crippen LogP contribution is -2.37. The fourth-order valence-corrected chi connectivity index (χ4v) is 4.80. The first-order valence-electron chi connectivity index (χ1n) is 7.54. The molecule has 0 aliphatic carbocycles. The van der Waals surface area contributed by atoms with Crippen molar-refractivity contribution in [2.24, 2.45) is 0 Å². The molecule has 3 aliphatic heterocycles. The van der Waals surface area contributed by atoms with Gasteiger partial charge in [0.2, 0.25) is 0 Å². The second-order valence-corrected chi connectivity index (χ2v) is 7.21. The highest BCUT2D eigenvalue weighted by atomic mass is 32.1. The number of hydrogen-bond donors (Lipinski definition) is 1. The summed E-state index contributed by atoms with van der Waals surface area (Å²) in [4.78, 5) is 21.2. The molecule has 1 N–H and O–H groups in total. The van der Waals surface area contributed by atoms with Crippen LogP contribution in [-0.4, -0.2) is 54.7 Å². The number of urea groups is 1. The van der Waals surface area contributed by atoms with E-state index in [4.69, 9.17) is 9.72 Å². The molecule has 22 heavy (non-hydrogen) atoms. The molecule has 2 fully saturated rings. The van der Waals surface area contributed by atoms with Crippen LogP contribution in [0, 0.1) is 0 Å². The normalized spacial score (nSPS) is 27.1. The molecule has 1 aromatic heterocycles. The molecule has 6 nitrogen and oxygen atoms in total. The Morgan fingerprint density at radius 3 is 3.23 bits per heavy atom. The Labute approximate surface area is 131 Å². The first-order valence-corrected chi connectivity index (χ1v) is 8.36. The number of likely N-dealkylation sites (N-methyl/N-ethyl adjacent to an activating group) is 1. The Morgan fingerprint density at radius 1 is 1.41 bits per heavy atom. The van der Waals surface area contributed by atoms with Gasteiger partial charge in [-0.3, -0.25) is 4.90 Å². The molecule has 5 rings (SSSR count). The van der Waals surface area contributed by atoms with Gasteiger partial charge in [-0.1, -0.05) is 11.3 Å². The van der Waals surface area contributed by atoms with Gasteiger partial charge < -0.3 is 15.0 Å². The number of aromatic nitrogens is 1. The van der Waals surface area contributed by atoms with Crippen molar-refractivity contribution in [2.45, 2.75) is 18.5 Å². The number of rotatable bonds is 1. The van der Waals surface area contributed by atoms with E-state index in [1.807, 2.05) is 17.0 Å². The number of hydrogen-bond acceptors (Lipinski definition) is 5. The first kappa shape index (κ1) is 12.7. The maximum Gasteiger partial charge on any atom is 0.324 e. The molecule has 2 saturated heterocycles. The third kappa shape index (κ3) is 1.63. The maximum absolute atomic E-state index is 12.3. The molecule has 4 heterocycles. The predicted octanol–water partition coefficient (Wildman–Crippen LogP) is 1.44. The standard InChI is InChI=1S/C15H16N4O2S/c1-18-6-9-10(7-18)19(14(20)16-9)15-17-13-8-4-5-21-11(8)2-3-12(13)22-15/h2-3,9-10H,4-7H2,1H3,(H,16,20)/t9?,10-/m1/s1. The van der Waals surface area contributed by atoms with Crippen molar-refractivity contribution >= 4 is 32.7 Å². The number of nitrogens with zero attached hydrogens (tertiary/aromatic N) is 3. The van der Waals surface area contributed by atoms with Gasteiger partial charge in [0.25, 0.3) is 0 Å². The zero-order chi connectivity index (χ0) is 14.8. The van der Waals surface area contributed by atoms with Crippen LogP contribution in [0.3, 0.4) is 0 Å². The van der Waals surface area contributed by atoms with Crippen LogP contribution < -0.4 is 15.0 Å². The number of fused-ring (bicyclic) bond motifs is 4. The van der Waals surface area contributed by atoms with Crippen LogP contribution in [0.2, 0.25) is 0 Å². The predicted molar refractivity (Wildman–Crippen MR) is 84.9 cm³/mol. The van der Waals surface area contributed by atoms with E-state index in [0.29, 0.717) is 0 Å². The summed E-state index contributed by atoms with van der Waals surface area (Å²) in [6.07, 6.45) is 0.900. The van der Waals surface area contributed by atoms with Gasteiger partial charge >= 0.3 is 6.03 Å². The lowest BCUT2D eigenvalue weighted by atomic mass is 10.1. The van der Waals surface area contributed by atoms with E-state index in [-0.39, 0.29) is 18.1 Å². The van der Waals surface area contributed by atoms with E-state index in [2.05, 4.69) is 17.3 Å². The van der Waals surface area contributed by atoms with Gasteiger partial charge in [-0.15, -0.1) is 0 Å². The topological polar surface area (TPSA) is 57.7 Å². The summed E-state index contributed by atoms with van der Waals surface area (Å²) in [6.45, 7) is 2.52. The van der Waals surface area contributed by atoms with Crippen molar-refractivity contribution in [1.29, 1.82) is 0 Å².